The number of hydrogen-bond acceptors (Lipinski definition) is 4. The van der Waals surface area contributed by atoms with E-state index in [0.717, 1.165) is 12.8 Å². The van der Waals surface area contributed by atoms with Gasteiger partial charge in [-0.1, -0.05) is 77.6 Å². The first kappa shape index (κ1) is 27.1. The van der Waals surface area contributed by atoms with Crippen molar-refractivity contribution in [3.8, 4) is 0 Å². The second-order valence-corrected chi connectivity index (χ2v) is 7.81. The zero-order chi connectivity index (χ0) is 17.4. The Kier molecular flexibility index (Phi) is 21.0. The standard InChI is InChI=1S/C17H36O5S.Na.H/c1-2-3-4-5-6-7-8-9-10-11-12-13-14-22-17(15-18)16-23(19,20)21;;/h17-18H,2-16H2,1H3,(H,19,20,21);;. The molecule has 0 aromatic carbocycles. The summed E-state index contributed by atoms with van der Waals surface area (Å²) in [5.74, 6) is -0.540. The molecule has 0 spiro atoms. The van der Waals surface area contributed by atoms with Crippen LogP contribution in [0.3, 0.4) is 0 Å². The van der Waals surface area contributed by atoms with Crippen LogP contribution in [0.2, 0.25) is 0 Å². The molecule has 0 aliphatic heterocycles. The van der Waals surface area contributed by atoms with Gasteiger partial charge in [0.1, 0.15) is 5.75 Å². The van der Waals surface area contributed by atoms with E-state index in [2.05, 4.69) is 6.92 Å². The van der Waals surface area contributed by atoms with E-state index in [-0.39, 0.29) is 29.6 Å². The zero-order valence-electron chi connectivity index (χ0n) is 14.7. The second-order valence-electron chi connectivity index (χ2n) is 6.31. The van der Waals surface area contributed by atoms with Gasteiger partial charge in [-0.3, -0.25) is 4.55 Å². The zero-order valence-corrected chi connectivity index (χ0v) is 15.5. The van der Waals surface area contributed by atoms with Gasteiger partial charge >= 0.3 is 29.6 Å². The molecule has 0 rings (SSSR count). The van der Waals surface area contributed by atoms with Gasteiger partial charge in [-0.05, 0) is 6.42 Å². The van der Waals surface area contributed by atoms with Crippen LogP contribution in [0.4, 0.5) is 0 Å². The number of aliphatic hydroxyl groups is 1. The molecule has 7 heteroatoms. The van der Waals surface area contributed by atoms with Crippen molar-refractivity contribution in [3.63, 3.8) is 0 Å². The summed E-state index contributed by atoms with van der Waals surface area (Å²) in [5.41, 5.74) is 0. The number of ether oxygens (including phenoxy) is 1. The molecule has 24 heavy (non-hydrogen) atoms. The molecule has 0 heterocycles. The Morgan fingerprint density at radius 2 is 1.25 bits per heavy atom. The number of hydrogen-bond donors (Lipinski definition) is 2. The molecule has 0 aromatic rings. The topological polar surface area (TPSA) is 83.8 Å². The van der Waals surface area contributed by atoms with Crippen LogP contribution in [-0.2, 0) is 14.9 Å². The van der Waals surface area contributed by atoms with E-state index in [1.165, 1.54) is 64.2 Å². The maximum atomic E-state index is 10.7. The van der Waals surface area contributed by atoms with Crippen LogP contribution in [0.1, 0.15) is 84.0 Å². The molecule has 0 aliphatic carbocycles. The molecular formula is C17H37NaO5S. The third-order valence-electron chi connectivity index (χ3n) is 3.95. The SMILES string of the molecule is CCCCCCCCCCCCCCOC(CO)CS(=O)(=O)O.[NaH]. The predicted molar refractivity (Wildman–Crippen MR) is 101 cm³/mol. The van der Waals surface area contributed by atoms with Crippen molar-refractivity contribution in [1.82, 2.24) is 0 Å². The molecule has 0 amide bonds. The van der Waals surface area contributed by atoms with Crippen molar-refractivity contribution >= 4 is 39.7 Å². The Morgan fingerprint density at radius 1 is 0.833 bits per heavy atom. The van der Waals surface area contributed by atoms with Crippen LogP contribution in [-0.4, -0.2) is 72.7 Å². The molecule has 0 fully saturated rings. The van der Waals surface area contributed by atoms with E-state index in [4.69, 9.17) is 14.4 Å². The molecular weight excluding hydrogens is 339 g/mol. The normalized spacial score (nSPS) is 12.8. The summed E-state index contributed by atoms with van der Waals surface area (Å²) in [7, 11) is -4.09. The van der Waals surface area contributed by atoms with Crippen LogP contribution >= 0.6 is 0 Å². The Labute approximate surface area is 171 Å². The third-order valence-corrected chi connectivity index (χ3v) is 4.74. The summed E-state index contributed by atoms with van der Waals surface area (Å²) in [4.78, 5) is 0. The Morgan fingerprint density at radius 3 is 1.62 bits per heavy atom. The minimum absolute atomic E-state index is 0. The summed E-state index contributed by atoms with van der Waals surface area (Å²) >= 11 is 0. The van der Waals surface area contributed by atoms with Gasteiger partial charge in [0.05, 0.1) is 12.7 Å². The summed E-state index contributed by atoms with van der Waals surface area (Å²) in [6.45, 7) is 2.28. The fourth-order valence-corrected chi connectivity index (χ4v) is 3.25. The van der Waals surface area contributed by atoms with Crippen molar-refractivity contribution in [1.29, 1.82) is 0 Å². The van der Waals surface area contributed by atoms with E-state index in [1.807, 2.05) is 0 Å². The third kappa shape index (κ3) is 20.9. The van der Waals surface area contributed by atoms with E-state index >= 15 is 0 Å². The molecule has 5 nitrogen and oxygen atoms in total. The van der Waals surface area contributed by atoms with Gasteiger partial charge in [0.2, 0.25) is 0 Å². The van der Waals surface area contributed by atoms with Crippen LogP contribution in [0.25, 0.3) is 0 Å². The van der Waals surface area contributed by atoms with E-state index in [0.29, 0.717) is 6.61 Å². The van der Waals surface area contributed by atoms with Crippen LogP contribution in [0, 0.1) is 0 Å². The Hall–Kier alpha value is 0.830. The summed E-state index contributed by atoms with van der Waals surface area (Å²) in [6.07, 6.45) is 14.2. The van der Waals surface area contributed by atoms with E-state index < -0.39 is 28.6 Å². The molecule has 0 radical (unpaired) electrons. The first-order chi connectivity index (χ1) is 11.0. The molecule has 2 N–H and O–H groups in total. The fourth-order valence-electron chi connectivity index (χ4n) is 2.58. The second kappa shape index (κ2) is 18.6. The van der Waals surface area contributed by atoms with Crippen molar-refractivity contribution in [2.75, 3.05) is 19.0 Å². The molecule has 0 saturated heterocycles. The van der Waals surface area contributed by atoms with Gasteiger partial charge in [0.15, 0.2) is 0 Å². The van der Waals surface area contributed by atoms with Crippen molar-refractivity contribution < 1.29 is 22.8 Å². The average Bonchev–Trinajstić information content (AvgIpc) is 2.49. The fraction of sp³-hybridized carbons (Fsp3) is 1.00. The average molecular weight is 377 g/mol. The predicted octanol–water partition coefficient (Wildman–Crippen LogP) is 3.30. The molecule has 0 aliphatic rings. The number of rotatable bonds is 17. The number of unbranched alkanes of at least 4 members (excludes halogenated alkanes) is 11. The molecule has 1 atom stereocenters. The minimum atomic E-state index is -4.09. The van der Waals surface area contributed by atoms with Gasteiger partial charge in [0.25, 0.3) is 10.1 Å². The quantitative estimate of drug-likeness (QED) is 0.231. The molecule has 0 bridgehead atoms. The number of aliphatic hydroxyl groups excluding tert-OH is 1. The summed E-state index contributed by atoms with van der Waals surface area (Å²) < 4.78 is 35.4. The first-order valence-electron chi connectivity index (χ1n) is 9.17. The van der Waals surface area contributed by atoms with Gasteiger partial charge < -0.3 is 9.84 Å². The molecule has 1 unspecified atom stereocenters. The van der Waals surface area contributed by atoms with Gasteiger partial charge in [-0.15, -0.1) is 0 Å². The molecule has 0 saturated carbocycles. The van der Waals surface area contributed by atoms with Crippen LogP contribution < -0.4 is 0 Å². The van der Waals surface area contributed by atoms with Crippen molar-refractivity contribution in [2.24, 2.45) is 0 Å². The summed E-state index contributed by atoms with van der Waals surface area (Å²) in [6, 6.07) is 0. The van der Waals surface area contributed by atoms with Gasteiger partial charge in [-0.2, -0.15) is 8.42 Å². The van der Waals surface area contributed by atoms with E-state index in [9.17, 15) is 8.42 Å². The summed E-state index contributed by atoms with van der Waals surface area (Å²) in [5, 5.41) is 8.98. The van der Waals surface area contributed by atoms with Crippen molar-refractivity contribution in [3.05, 3.63) is 0 Å². The Bertz CT molecular complexity index is 349. The molecule has 0 aromatic heterocycles. The monoisotopic (exact) mass is 376 g/mol. The van der Waals surface area contributed by atoms with Gasteiger partial charge in [-0.25, -0.2) is 0 Å². The Balaban J connectivity index is 0. The van der Waals surface area contributed by atoms with E-state index in [1.54, 1.807) is 0 Å². The van der Waals surface area contributed by atoms with Gasteiger partial charge in [0, 0.05) is 6.61 Å². The van der Waals surface area contributed by atoms with Crippen LogP contribution in [0.5, 0.6) is 0 Å². The van der Waals surface area contributed by atoms with Crippen molar-refractivity contribution in [2.45, 2.75) is 90.1 Å². The maximum absolute atomic E-state index is 10.7. The molecule has 142 valence electrons. The van der Waals surface area contributed by atoms with Crippen LogP contribution in [0.15, 0.2) is 0 Å². The first-order valence-corrected chi connectivity index (χ1v) is 10.8.